The largest absolute Gasteiger partial charge is 0.505 e. The zero-order valence-electron chi connectivity index (χ0n) is 16.7. The number of carbonyl (C=O) groups excluding carboxylic acids is 1. The van der Waals surface area contributed by atoms with Gasteiger partial charge in [0, 0.05) is 30.7 Å². The molecule has 3 aromatic rings. The highest BCUT2D eigenvalue weighted by molar-refractivity contribution is 7.92. The van der Waals surface area contributed by atoms with Gasteiger partial charge in [0.1, 0.15) is 11.3 Å². The molecule has 0 spiro atoms. The van der Waals surface area contributed by atoms with E-state index >= 15 is 0 Å². The summed E-state index contributed by atoms with van der Waals surface area (Å²) in [6.45, 7) is 1.79. The molecule has 0 aliphatic carbocycles. The van der Waals surface area contributed by atoms with Crippen molar-refractivity contribution in [1.82, 2.24) is 10.3 Å². The number of amides is 1. The van der Waals surface area contributed by atoms with Crippen LogP contribution in [0.5, 0.6) is 5.75 Å². The number of aromatic hydroxyl groups is 1. The molecule has 0 fully saturated rings. The molecule has 2 heterocycles. The normalized spacial score (nSPS) is 13.4. The molecule has 0 radical (unpaired) electrons. The summed E-state index contributed by atoms with van der Waals surface area (Å²) in [6, 6.07) is 6.57. The van der Waals surface area contributed by atoms with Gasteiger partial charge >= 0.3 is 0 Å². The third-order valence-electron chi connectivity index (χ3n) is 5.34. The second-order valence-electron chi connectivity index (χ2n) is 7.46. The molecule has 0 bridgehead atoms. The van der Waals surface area contributed by atoms with Crippen molar-refractivity contribution in [3.05, 3.63) is 64.1 Å². The van der Waals surface area contributed by atoms with Crippen LogP contribution >= 0.6 is 0 Å². The lowest BCUT2D eigenvalue weighted by molar-refractivity contribution is 0.0963. The van der Waals surface area contributed by atoms with Crippen LogP contribution in [0.2, 0.25) is 0 Å². The first-order chi connectivity index (χ1) is 14.1. The van der Waals surface area contributed by atoms with Gasteiger partial charge in [-0.15, -0.1) is 0 Å². The number of phenols is 1. The Morgan fingerprint density at radius 3 is 2.67 bits per heavy atom. The molecule has 156 valence electrons. The molecular weight excluding hydrogens is 409 g/mol. The van der Waals surface area contributed by atoms with E-state index in [4.69, 9.17) is 0 Å². The van der Waals surface area contributed by atoms with E-state index in [0.717, 1.165) is 21.7 Å². The van der Waals surface area contributed by atoms with Crippen LogP contribution in [-0.2, 0) is 23.0 Å². The number of pyridine rings is 1. The smallest absolute Gasteiger partial charge is 0.255 e. The summed E-state index contributed by atoms with van der Waals surface area (Å²) < 4.78 is 39.2. The summed E-state index contributed by atoms with van der Waals surface area (Å²) in [5.41, 5.74) is 3.07. The fourth-order valence-corrected chi connectivity index (χ4v) is 4.31. The summed E-state index contributed by atoms with van der Waals surface area (Å²) in [4.78, 5) is 16.6. The molecule has 1 aliphatic heterocycles. The first-order valence-corrected chi connectivity index (χ1v) is 11.1. The zero-order chi connectivity index (χ0) is 21.8. The van der Waals surface area contributed by atoms with Crippen molar-refractivity contribution in [3.8, 4) is 5.75 Å². The lowest BCUT2D eigenvalue weighted by atomic mass is 9.98. The van der Waals surface area contributed by atoms with Crippen LogP contribution in [0.4, 0.5) is 10.1 Å². The van der Waals surface area contributed by atoms with Gasteiger partial charge in [-0.25, -0.2) is 12.8 Å². The third-order valence-corrected chi connectivity index (χ3v) is 6.52. The summed E-state index contributed by atoms with van der Waals surface area (Å²) in [6.07, 6.45) is 3.08. The molecule has 2 N–H and O–H groups in total. The predicted octanol–water partition coefficient (Wildman–Crippen LogP) is 2.62. The van der Waals surface area contributed by atoms with E-state index in [-0.39, 0.29) is 29.2 Å². The van der Waals surface area contributed by atoms with E-state index in [1.54, 1.807) is 31.3 Å². The highest BCUT2D eigenvalue weighted by Gasteiger charge is 2.32. The molecule has 1 aliphatic rings. The number of anilines is 1. The Morgan fingerprint density at radius 1 is 1.27 bits per heavy atom. The molecule has 0 saturated carbocycles. The van der Waals surface area contributed by atoms with Crippen molar-refractivity contribution < 1.29 is 22.7 Å². The van der Waals surface area contributed by atoms with Crippen LogP contribution in [0.3, 0.4) is 0 Å². The van der Waals surface area contributed by atoms with Crippen molar-refractivity contribution in [3.63, 3.8) is 0 Å². The number of sulfonamides is 1. The SMILES string of the molecule is Cc1cc(Cc2cnc3c(O)c4c(c(N(C)S(C)(=O)=O)c3c2)CNC4=O)ccc1F. The van der Waals surface area contributed by atoms with Crippen molar-refractivity contribution in [2.75, 3.05) is 17.6 Å². The first kappa shape index (κ1) is 20.1. The van der Waals surface area contributed by atoms with Crippen LogP contribution in [0.15, 0.2) is 30.5 Å². The fraction of sp³-hybridized carbons (Fsp3) is 0.238. The van der Waals surface area contributed by atoms with E-state index in [0.29, 0.717) is 28.6 Å². The Morgan fingerprint density at radius 2 is 2.00 bits per heavy atom. The number of rotatable bonds is 4. The molecule has 30 heavy (non-hydrogen) atoms. The Hall–Kier alpha value is -3.20. The van der Waals surface area contributed by atoms with Crippen LogP contribution < -0.4 is 9.62 Å². The van der Waals surface area contributed by atoms with Crippen LogP contribution in [0, 0.1) is 12.7 Å². The van der Waals surface area contributed by atoms with Gasteiger partial charge in [-0.05, 0) is 42.2 Å². The van der Waals surface area contributed by atoms with Gasteiger partial charge < -0.3 is 10.4 Å². The third kappa shape index (κ3) is 3.24. The Labute approximate surface area is 173 Å². The maximum absolute atomic E-state index is 13.6. The minimum atomic E-state index is -3.64. The number of aromatic nitrogens is 1. The summed E-state index contributed by atoms with van der Waals surface area (Å²) in [7, 11) is -2.24. The van der Waals surface area contributed by atoms with Gasteiger partial charge in [0.15, 0.2) is 5.75 Å². The summed E-state index contributed by atoms with van der Waals surface area (Å²) >= 11 is 0. The van der Waals surface area contributed by atoms with Gasteiger partial charge in [-0.3, -0.25) is 14.1 Å². The minimum Gasteiger partial charge on any atom is -0.505 e. The van der Waals surface area contributed by atoms with E-state index < -0.39 is 15.9 Å². The summed E-state index contributed by atoms with van der Waals surface area (Å²) in [5.74, 6) is -1.03. The number of nitrogens with one attached hydrogen (secondary N) is 1. The molecule has 0 unspecified atom stereocenters. The maximum Gasteiger partial charge on any atom is 0.255 e. The molecule has 0 saturated heterocycles. The van der Waals surface area contributed by atoms with Crippen molar-refractivity contribution >= 4 is 32.5 Å². The standard InChI is InChI=1S/C21H20FN3O4S/c1-11-6-12(4-5-16(11)22)7-13-8-14-18(23-9-13)20(26)17-15(10-24-21(17)27)19(14)25(2)30(3,28)29/h4-6,8-9,26H,7,10H2,1-3H3,(H,24,27). The fourth-order valence-electron chi connectivity index (χ4n) is 3.77. The number of carbonyl (C=O) groups is 1. The van der Waals surface area contributed by atoms with Crippen LogP contribution in [-0.4, -0.2) is 37.7 Å². The highest BCUT2D eigenvalue weighted by Crippen LogP contribution is 2.42. The Kier molecular flexibility index (Phi) is 4.65. The topological polar surface area (TPSA) is 99.6 Å². The minimum absolute atomic E-state index is 0.0439. The van der Waals surface area contributed by atoms with Crippen molar-refractivity contribution in [2.24, 2.45) is 0 Å². The van der Waals surface area contributed by atoms with E-state index in [1.165, 1.54) is 13.1 Å². The molecular formula is C21H20FN3O4S. The number of hydrogen-bond acceptors (Lipinski definition) is 5. The number of halogens is 1. The Bertz CT molecular complexity index is 1320. The van der Waals surface area contributed by atoms with E-state index in [9.17, 15) is 22.7 Å². The quantitative estimate of drug-likeness (QED) is 0.664. The number of hydrogen-bond donors (Lipinski definition) is 2. The molecule has 1 aromatic heterocycles. The van der Waals surface area contributed by atoms with Gasteiger partial charge in [0.05, 0.1) is 17.5 Å². The maximum atomic E-state index is 13.6. The average molecular weight is 429 g/mol. The molecule has 7 nitrogen and oxygen atoms in total. The second kappa shape index (κ2) is 6.94. The molecule has 4 rings (SSSR count). The van der Waals surface area contributed by atoms with Crippen molar-refractivity contribution in [2.45, 2.75) is 19.9 Å². The second-order valence-corrected chi connectivity index (χ2v) is 9.48. The number of fused-ring (bicyclic) bond motifs is 2. The molecule has 9 heteroatoms. The van der Waals surface area contributed by atoms with E-state index in [1.807, 2.05) is 0 Å². The number of benzene rings is 2. The lowest BCUT2D eigenvalue weighted by Crippen LogP contribution is -2.26. The van der Waals surface area contributed by atoms with Crippen LogP contribution in [0.25, 0.3) is 10.9 Å². The predicted molar refractivity (Wildman–Crippen MR) is 112 cm³/mol. The van der Waals surface area contributed by atoms with Gasteiger partial charge in [0.25, 0.3) is 5.91 Å². The average Bonchev–Trinajstić information content (AvgIpc) is 3.05. The monoisotopic (exact) mass is 429 g/mol. The van der Waals surface area contributed by atoms with Crippen LogP contribution in [0.1, 0.15) is 32.6 Å². The molecule has 0 atom stereocenters. The Balaban J connectivity index is 1.94. The summed E-state index contributed by atoms with van der Waals surface area (Å²) in [5, 5.41) is 13.7. The number of nitrogens with zero attached hydrogens (tertiary/aromatic N) is 2. The lowest BCUT2D eigenvalue weighted by Gasteiger charge is -2.22. The molecule has 1 amide bonds. The first-order valence-electron chi connectivity index (χ1n) is 9.21. The zero-order valence-corrected chi connectivity index (χ0v) is 17.5. The van der Waals surface area contributed by atoms with Gasteiger partial charge in [-0.2, -0.15) is 0 Å². The number of phenolic OH excluding ortho intramolecular Hbond substituents is 1. The highest BCUT2D eigenvalue weighted by atomic mass is 32.2. The van der Waals surface area contributed by atoms with Gasteiger partial charge in [0.2, 0.25) is 10.0 Å². The van der Waals surface area contributed by atoms with E-state index in [2.05, 4.69) is 10.3 Å². The van der Waals surface area contributed by atoms with Crippen molar-refractivity contribution in [1.29, 1.82) is 0 Å². The number of aryl methyl sites for hydroxylation is 1. The van der Waals surface area contributed by atoms with Gasteiger partial charge in [-0.1, -0.05) is 12.1 Å². The molecule has 2 aromatic carbocycles.